The number of H-pyrrole nitrogens is 1. The fourth-order valence-electron chi connectivity index (χ4n) is 4.85. The predicted molar refractivity (Wildman–Crippen MR) is 135 cm³/mol. The highest BCUT2D eigenvalue weighted by Crippen LogP contribution is 2.47. The number of Topliss-reactive ketones (excluding diaryl/α,β-unsaturated/α-hetero) is 1. The first kappa shape index (κ1) is 24.0. The van der Waals surface area contributed by atoms with Gasteiger partial charge in [-0.1, -0.05) is 49.9 Å². The van der Waals surface area contributed by atoms with Crippen LogP contribution in [0.3, 0.4) is 0 Å². The highest BCUT2D eigenvalue weighted by atomic mass is 32.2. The molecule has 2 heterocycles. The summed E-state index contributed by atoms with van der Waals surface area (Å²) in [7, 11) is 0. The molecule has 36 heavy (non-hydrogen) atoms. The van der Waals surface area contributed by atoms with Crippen LogP contribution in [0, 0.1) is 11.2 Å². The van der Waals surface area contributed by atoms with E-state index in [0.717, 1.165) is 11.3 Å². The van der Waals surface area contributed by atoms with Gasteiger partial charge in [0.1, 0.15) is 11.6 Å². The average molecular weight is 506 g/mol. The van der Waals surface area contributed by atoms with Crippen molar-refractivity contribution in [1.29, 1.82) is 0 Å². The Hall–Kier alpha value is -3.72. The van der Waals surface area contributed by atoms with E-state index in [1.165, 1.54) is 36.0 Å². The molecule has 2 aromatic carbocycles. The number of hydrogen-bond donors (Lipinski definition) is 3. The maximum Gasteiger partial charge on any atom is 0.335 e. The second kappa shape index (κ2) is 9.05. The minimum atomic E-state index is -1.05. The fraction of sp³-hybridized carbons (Fsp3) is 0.259. The molecule has 0 saturated carbocycles. The largest absolute Gasteiger partial charge is 0.478 e. The van der Waals surface area contributed by atoms with E-state index in [4.69, 9.17) is 0 Å². The van der Waals surface area contributed by atoms with Crippen molar-refractivity contribution in [2.75, 3.05) is 5.32 Å². The number of carboxylic acids is 1. The van der Waals surface area contributed by atoms with Gasteiger partial charge in [-0.25, -0.2) is 14.2 Å². The quantitative estimate of drug-likeness (QED) is 0.327. The molecule has 7 nitrogen and oxygen atoms in total. The number of hydrogen-bond acceptors (Lipinski definition) is 6. The van der Waals surface area contributed by atoms with Gasteiger partial charge in [-0.15, -0.1) is 0 Å². The van der Waals surface area contributed by atoms with E-state index in [2.05, 4.69) is 15.3 Å². The molecule has 0 amide bonds. The molecule has 184 valence electrons. The summed E-state index contributed by atoms with van der Waals surface area (Å²) >= 11 is 1.32. The summed E-state index contributed by atoms with van der Waals surface area (Å²) in [6, 6.07) is 12.4. The summed E-state index contributed by atoms with van der Waals surface area (Å²) in [6.45, 7) is 4.05. The molecule has 1 aliphatic heterocycles. The number of carboxylic acid groups (broad SMARTS) is 1. The maximum absolute atomic E-state index is 13.4. The van der Waals surface area contributed by atoms with Crippen LogP contribution in [-0.4, -0.2) is 26.8 Å². The van der Waals surface area contributed by atoms with Crippen LogP contribution < -0.4 is 10.9 Å². The monoisotopic (exact) mass is 505 g/mol. The highest BCUT2D eigenvalue weighted by molar-refractivity contribution is 7.98. The number of aromatic amines is 1. The number of carbonyl (C=O) groups excluding carboxylic acids is 1. The van der Waals surface area contributed by atoms with Crippen molar-refractivity contribution in [2.24, 2.45) is 5.41 Å². The number of aromatic nitrogens is 2. The number of nitrogens with zero attached hydrogens (tertiary/aromatic N) is 1. The van der Waals surface area contributed by atoms with Crippen LogP contribution in [0.5, 0.6) is 0 Å². The Labute approximate surface area is 210 Å². The number of thioether (sulfide) groups is 1. The average Bonchev–Trinajstić information content (AvgIpc) is 2.81. The summed E-state index contributed by atoms with van der Waals surface area (Å²) in [5.74, 6) is -1.19. The van der Waals surface area contributed by atoms with Crippen molar-refractivity contribution in [2.45, 2.75) is 43.5 Å². The Morgan fingerprint density at radius 3 is 2.47 bits per heavy atom. The van der Waals surface area contributed by atoms with Gasteiger partial charge < -0.3 is 15.4 Å². The van der Waals surface area contributed by atoms with Crippen LogP contribution in [0.1, 0.15) is 59.7 Å². The van der Waals surface area contributed by atoms with E-state index in [0.29, 0.717) is 46.3 Å². The van der Waals surface area contributed by atoms with E-state index in [1.54, 1.807) is 24.3 Å². The molecule has 0 radical (unpaired) electrons. The van der Waals surface area contributed by atoms with Gasteiger partial charge in [0.25, 0.3) is 5.56 Å². The Kier molecular flexibility index (Phi) is 6.04. The zero-order valence-corrected chi connectivity index (χ0v) is 20.5. The minimum Gasteiger partial charge on any atom is -0.478 e. The molecule has 0 saturated heterocycles. The Bertz CT molecular complexity index is 1460. The summed E-state index contributed by atoms with van der Waals surface area (Å²) in [5.41, 5.74) is 2.64. The van der Waals surface area contributed by atoms with Crippen LogP contribution in [-0.2, 0) is 10.5 Å². The normalized spacial score (nSPS) is 18.3. The molecule has 3 N–H and O–H groups in total. The second-order valence-corrected chi connectivity index (χ2v) is 10.8. The number of carbonyl (C=O) groups is 2. The number of halogens is 1. The van der Waals surface area contributed by atoms with Gasteiger partial charge in [-0.05, 0) is 47.2 Å². The standard InChI is InChI=1S/C27H24FN3O4S/c1-27(2)11-18-21(19(32)12-27)20(15-5-7-16(8-6-15)25(34)35)22-23(29-18)30-26(31-24(22)33)36-13-14-3-9-17(28)10-4-14/h3-10,20H,11-13H2,1-2H3,(H,34,35)(H2,29,30,31,33). The van der Waals surface area contributed by atoms with Gasteiger partial charge in [-0.2, -0.15) is 0 Å². The smallest absolute Gasteiger partial charge is 0.335 e. The molecule has 5 rings (SSSR count). The molecule has 0 spiro atoms. The van der Waals surface area contributed by atoms with E-state index < -0.39 is 11.9 Å². The number of rotatable bonds is 5. The van der Waals surface area contributed by atoms with E-state index in [-0.39, 0.29) is 28.1 Å². The molecule has 1 atom stereocenters. The lowest BCUT2D eigenvalue weighted by atomic mass is 9.69. The second-order valence-electron chi connectivity index (χ2n) is 9.87. The van der Waals surface area contributed by atoms with Crippen LogP contribution in [0.2, 0.25) is 0 Å². The molecule has 3 aromatic rings. The Balaban J connectivity index is 1.57. The Morgan fingerprint density at radius 2 is 1.81 bits per heavy atom. The molecule has 2 aliphatic rings. The first-order valence-electron chi connectivity index (χ1n) is 11.5. The number of anilines is 1. The number of nitrogens with one attached hydrogen (secondary N) is 2. The molecule has 0 bridgehead atoms. The maximum atomic E-state index is 13.4. The number of allylic oxidation sites excluding steroid dienone is 2. The zero-order chi connectivity index (χ0) is 25.6. The van der Waals surface area contributed by atoms with E-state index in [9.17, 15) is 23.9 Å². The van der Waals surface area contributed by atoms with Gasteiger partial charge in [0.2, 0.25) is 0 Å². The lowest BCUT2D eigenvalue weighted by Crippen LogP contribution is -2.37. The summed E-state index contributed by atoms with van der Waals surface area (Å²) in [5, 5.41) is 13.0. The first-order chi connectivity index (χ1) is 17.1. The molecule has 1 aliphatic carbocycles. The third-order valence-corrected chi connectivity index (χ3v) is 7.42. The third kappa shape index (κ3) is 4.58. The molecule has 1 unspecified atom stereocenters. The molecular weight excluding hydrogens is 481 g/mol. The van der Waals surface area contributed by atoms with E-state index in [1.807, 2.05) is 13.8 Å². The van der Waals surface area contributed by atoms with Crippen LogP contribution in [0.4, 0.5) is 10.2 Å². The van der Waals surface area contributed by atoms with Crippen molar-refractivity contribution in [1.82, 2.24) is 9.97 Å². The lowest BCUT2D eigenvalue weighted by Gasteiger charge is -2.38. The lowest BCUT2D eigenvalue weighted by molar-refractivity contribution is -0.118. The number of fused-ring (bicyclic) bond motifs is 1. The molecule has 1 aromatic heterocycles. The van der Waals surface area contributed by atoms with Gasteiger partial charge in [0, 0.05) is 29.4 Å². The molecule has 9 heteroatoms. The van der Waals surface area contributed by atoms with Gasteiger partial charge in [0.15, 0.2) is 10.9 Å². The van der Waals surface area contributed by atoms with Crippen molar-refractivity contribution in [3.63, 3.8) is 0 Å². The number of ketones is 1. The van der Waals surface area contributed by atoms with Gasteiger partial charge in [-0.3, -0.25) is 9.59 Å². The summed E-state index contributed by atoms with van der Waals surface area (Å²) in [6.07, 6.45) is 0.966. The van der Waals surface area contributed by atoms with Crippen molar-refractivity contribution in [3.05, 3.63) is 98.2 Å². The Morgan fingerprint density at radius 1 is 1.11 bits per heavy atom. The summed E-state index contributed by atoms with van der Waals surface area (Å²) in [4.78, 5) is 45.6. The topological polar surface area (TPSA) is 112 Å². The van der Waals surface area contributed by atoms with Crippen molar-refractivity contribution >= 4 is 29.3 Å². The first-order valence-corrected chi connectivity index (χ1v) is 12.5. The van der Waals surface area contributed by atoms with Crippen LogP contribution in [0.15, 0.2) is 69.8 Å². The molecule has 0 fully saturated rings. The van der Waals surface area contributed by atoms with E-state index >= 15 is 0 Å². The van der Waals surface area contributed by atoms with Gasteiger partial charge >= 0.3 is 5.97 Å². The highest BCUT2D eigenvalue weighted by Gasteiger charge is 2.42. The fourth-order valence-corrected chi connectivity index (χ4v) is 5.66. The zero-order valence-electron chi connectivity index (χ0n) is 19.7. The van der Waals surface area contributed by atoms with Crippen LogP contribution in [0.25, 0.3) is 0 Å². The predicted octanol–water partition coefficient (Wildman–Crippen LogP) is 5.10. The minimum absolute atomic E-state index is 0.0409. The molecular formula is C27H24FN3O4S. The van der Waals surface area contributed by atoms with Crippen molar-refractivity contribution < 1.29 is 19.1 Å². The SMILES string of the molecule is CC1(C)CC(=O)C2=C(C1)Nc1nc(SCc3ccc(F)cc3)[nH]c(=O)c1C2c1ccc(C(=O)O)cc1. The number of aromatic carboxylic acids is 1. The summed E-state index contributed by atoms with van der Waals surface area (Å²) < 4.78 is 13.2. The van der Waals surface area contributed by atoms with Crippen molar-refractivity contribution in [3.8, 4) is 0 Å². The third-order valence-electron chi connectivity index (χ3n) is 6.48. The van der Waals surface area contributed by atoms with Crippen LogP contribution >= 0.6 is 11.8 Å². The number of benzene rings is 2. The van der Waals surface area contributed by atoms with Gasteiger partial charge in [0.05, 0.1) is 11.1 Å².